The summed E-state index contributed by atoms with van der Waals surface area (Å²) in [4.78, 5) is 10.5. The Bertz CT molecular complexity index is 370. The minimum Gasteiger partial charge on any atom is -0.494 e. The van der Waals surface area contributed by atoms with Gasteiger partial charge in [-0.3, -0.25) is 0 Å². The third-order valence-corrected chi connectivity index (χ3v) is 2.54. The molecule has 0 saturated carbocycles. The molecule has 1 aromatic rings. The Morgan fingerprint density at radius 1 is 1.38 bits per heavy atom. The Balaban J connectivity index is 2.23. The predicted octanol–water partition coefficient (Wildman–Crippen LogP) is 3.25. The standard InChI is InChI=1S/C12H13BrO3/c1-9(12(14)15)3-2-8-16-11-6-4-10(13)5-7-11/h4-7H,1-3,8H2,(H,14,15). The van der Waals surface area contributed by atoms with Crippen LogP contribution in [0.3, 0.4) is 0 Å². The maximum atomic E-state index is 10.5. The van der Waals surface area contributed by atoms with E-state index in [2.05, 4.69) is 22.5 Å². The first kappa shape index (κ1) is 12.8. The van der Waals surface area contributed by atoms with Gasteiger partial charge in [0.1, 0.15) is 5.75 Å². The average Bonchev–Trinajstić information content (AvgIpc) is 2.26. The SMILES string of the molecule is C=C(CCCOc1ccc(Br)cc1)C(=O)O. The van der Waals surface area contributed by atoms with E-state index in [0.29, 0.717) is 19.4 Å². The number of hydrogen-bond donors (Lipinski definition) is 1. The van der Waals surface area contributed by atoms with Crippen molar-refractivity contribution in [1.82, 2.24) is 0 Å². The molecule has 0 amide bonds. The lowest BCUT2D eigenvalue weighted by Gasteiger charge is -2.05. The van der Waals surface area contributed by atoms with Crippen molar-refractivity contribution in [3.8, 4) is 5.75 Å². The molecule has 0 unspecified atom stereocenters. The fraction of sp³-hybridized carbons (Fsp3) is 0.250. The van der Waals surface area contributed by atoms with Gasteiger partial charge in [0.05, 0.1) is 6.61 Å². The number of aliphatic carboxylic acids is 1. The fourth-order valence-corrected chi connectivity index (χ4v) is 1.38. The molecule has 0 aliphatic heterocycles. The molecule has 3 nitrogen and oxygen atoms in total. The monoisotopic (exact) mass is 284 g/mol. The molecule has 0 atom stereocenters. The zero-order valence-corrected chi connectivity index (χ0v) is 10.4. The highest BCUT2D eigenvalue weighted by molar-refractivity contribution is 9.10. The molecule has 4 heteroatoms. The van der Waals surface area contributed by atoms with Gasteiger partial charge in [-0.1, -0.05) is 22.5 Å². The Morgan fingerprint density at radius 2 is 2.00 bits per heavy atom. The first-order valence-electron chi connectivity index (χ1n) is 4.89. The first-order chi connectivity index (χ1) is 7.59. The summed E-state index contributed by atoms with van der Waals surface area (Å²) in [6.45, 7) is 3.94. The smallest absolute Gasteiger partial charge is 0.330 e. The van der Waals surface area contributed by atoms with Gasteiger partial charge in [0, 0.05) is 10.0 Å². The molecular weight excluding hydrogens is 272 g/mol. The largest absolute Gasteiger partial charge is 0.494 e. The van der Waals surface area contributed by atoms with Crippen molar-refractivity contribution in [1.29, 1.82) is 0 Å². The lowest BCUT2D eigenvalue weighted by Crippen LogP contribution is -2.02. The molecule has 0 spiro atoms. The molecule has 1 rings (SSSR count). The van der Waals surface area contributed by atoms with Gasteiger partial charge in [0.15, 0.2) is 0 Å². The number of ether oxygens (including phenoxy) is 1. The van der Waals surface area contributed by atoms with Gasteiger partial charge in [-0.05, 0) is 37.1 Å². The molecule has 0 aliphatic rings. The van der Waals surface area contributed by atoms with Crippen LogP contribution >= 0.6 is 15.9 Å². The van der Waals surface area contributed by atoms with Gasteiger partial charge in [-0.25, -0.2) is 4.79 Å². The quantitative estimate of drug-likeness (QED) is 0.644. The highest BCUT2D eigenvalue weighted by Crippen LogP contribution is 2.16. The van der Waals surface area contributed by atoms with Gasteiger partial charge in [0.2, 0.25) is 0 Å². The van der Waals surface area contributed by atoms with E-state index in [-0.39, 0.29) is 5.57 Å². The average molecular weight is 285 g/mol. The maximum absolute atomic E-state index is 10.5. The van der Waals surface area contributed by atoms with E-state index >= 15 is 0 Å². The molecule has 1 N–H and O–H groups in total. The minimum atomic E-state index is -0.941. The summed E-state index contributed by atoms with van der Waals surface area (Å²) in [5, 5.41) is 8.58. The number of carbonyl (C=O) groups is 1. The Kier molecular flexibility index (Phi) is 5.05. The fourth-order valence-electron chi connectivity index (χ4n) is 1.11. The van der Waals surface area contributed by atoms with Crippen LogP contribution in [0.1, 0.15) is 12.8 Å². The zero-order chi connectivity index (χ0) is 12.0. The third-order valence-electron chi connectivity index (χ3n) is 2.01. The molecule has 0 bridgehead atoms. The van der Waals surface area contributed by atoms with E-state index in [0.717, 1.165) is 10.2 Å². The van der Waals surface area contributed by atoms with Crippen LogP contribution in [-0.2, 0) is 4.79 Å². The summed E-state index contributed by atoms with van der Waals surface area (Å²) >= 11 is 3.33. The summed E-state index contributed by atoms with van der Waals surface area (Å²) in [5.41, 5.74) is 0.222. The second-order valence-corrected chi connectivity index (χ2v) is 4.23. The predicted molar refractivity (Wildman–Crippen MR) is 65.6 cm³/mol. The van der Waals surface area contributed by atoms with E-state index in [4.69, 9.17) is 9.84 Å². The van der Waals surface area contributed by atoms with Crippen LogP contribution in [0.4, 0.5) is 0 Å². The Morgan fingerprint density at radius 3 is 2.56 bits per heavy atom. The zero-order valence-electron chi connectivity index (χ0n) is 8.78. The molecule has 0 aromatic heterocycles. The highest BCUT2D eigenvalue weighted by atomic mass is 79.9. The van der Waals surface area contributed by atoms with Gasteiger partial charge < -0.3 is 9.84 Å². The molecule has 16 heavy (non-hydrogen) atoms. The van der Waals surface area contributed by atoms with Crippen molar-refractivity contribution < 1.29 is 14.6 Å². The van der Waals surface area contributed by atoms with E-state index in [1.54, 1.807) is 0 Å². The van der Waals surface area contributed by atoms with Crippen LogP contribution in [-0.4, -0.2) is 17.7 Å². The van der Waals surface area contributed by atoms with E-state index in [9.17, 15) is 4.79 Å². The number of rotatable bonds is 6. The van der Waals surface area contributed by atoms with Crippen molar-refractivity contribution in [2.45, 2.75) is 12.8 Å². The van der Waals surface area contributed by atoms with Crippen LogP contribution in [0, 0.1) is 0 Å². The summed E-state index contributed by atoms with van der Waals surface area (Å²) in [6.07, 6.45) is 1.10. The normalized spacial score (nSPS) is 9.81. The number of hydrogen-bond acceptors (Lipinski definition) is 2. The van der Waals surface area contributed by atoms with Crippen molar-refractivity contribution in [3.63, 3.8) is 0 Å². The molecule has 0 aliphatic carbocycles. The maximum Gasteiger partial charge on any atom is 0.330 e. The Labute approximate surface area is 103 Å². The van der Waals surface area contributed by atoms with E-state index < -0.39 is 5.97 Å². The minimum absolute atomic E-state index is 0.222. The van der Waals surface area contributed by atoms with Gasteiger partial charge in [-0.2, -0.15) is 0 Å². The number of benzene rings is 1. The third kappa shape index (κ3) is 4.49. The van der Waals surface area contributed by atoms with Crippen LogP contribution in [0.15, 0.2) is 40.9 Å². The number of halogens is 1. The summed E-state index contributed by atoms with van der Waals surface area (Å²) in [6, 6.07) is 7.50. The van der Waals surface area contributed by atoms with Gasteiger partial charge in [0.25, 0.3) is 0 Å². The van der Waals surface area contributed by atoms with E-state index in [1.807, 2.05) is 24.3 Å². The lowest BCUT2D eigenvalue weighted by molar-refractivity contribution is -0.132. The van der Waals surface area contributed by atoms with Crippen LogP contribution in [0.2, 0.25) is 0 Å². The lowest BCUT2D eigenvalue weighted by atomic mass is 10.2. The molecule has 0 fully saturated rings. The van der Waals surface area contributed by atoms with Crippen LogP contribution in [0.5, 0.6) is 5.75 Å². The number of carboxylic acids is 1. The van der Waals surface area contributed by atoms with Crippen LogP contribution < -0.4 is 4.74 Å². The Hall–Kier alpha value is -1.29. The van der Waals surface area contributed by atoms with E-state index in [1.165, 1.54) is 0 Å². The summed E-state index contributed by atoms with van der Waals surface area (Å²) < 4.78 is 6.44. The van der Waals surface area contributed by atoms with Gasteiger partial charge in [-0.15, -0.1) is 0 Å². The van der Waals surface area contributed by atoms with Crippen LogP contribution in [0.25, 0.3) is 0 Å². The first-order valence-corrected chi connectivity index (χ1v) is 5.68. The summed E-state index contributed by atoms with van der Waals surface area (Å²) in [5.74, 6) is -0.159. The van der Waals surface area contributed by atoms with Gasteiger partial charge >= 0.3 is 5.97 Å². The van der Waals surface area contributed by atoms with Crippen molar-refractivity contribution in [2.75, 3.05) is 6.61 Å². The highest BCUT2D eigenvalue weighted by Gasteiger charge is 2.03. The molecule has 0 heterocycles. The number of carboxylic acid groups (broad SMARTS) is 1. The molecule has 0 saturated heterocycles. The molecule has 0 radical (unpaired) electrons. The molecular formula is C12H13BrO3. The van der Waals surface area contributed by atoms with Crippen molar-refractivity contribution in [2.24, 2.45) is 0 Å². The molecule has 86 valence electrons. The second kappa shape index (κ2) is 6.33. The molecule has 1 aromatic carbocycles. The van der Waals surface area contributed by atoms with Crippen molar-refractivity contribution in [3.05, 3.63) is 40.9 Å². The second-order valence-electron chi connectivity index (χ2n) is 3.31. The summed E-state index contributed by atoms with van der Waals surface area (Å²) in [7, 11) is 0. The van der Waals surface area contributed by atoms with Crippen molar-refractivity contribution >= 4 is 21.9 Å². The topological polar surface area (TPSA) is 46.5 Å².